The first-order valence-corrected chi connectivity index (χ1v) is 17.8. The normalized spacial score (nSPS) is 15.3. The quantitative estimate of drug-likeness (QED) is 0.155. The molecule has 0 fully saturated rings. The van der Waals surface area contributed by atoms with Gasteiger partial charge in [0.05, 0.1) is 0 Å². The summed E-state index contributed by atoms with van der Waals surface area (Å²) >= 11 is 1.82. The van der Waals surface area contributed by atoms with E-state index in [0.29, 0.717) is 0 Å². The molecular weight excluding hydrogens is 625 g/mol. The van der Waals surface area contributed by atoms with Crippen LogP contribution in [0.4, 0.5) is 0 Å². The maximum Gasteiger partial charge on any atom is 0.136 e. The fraction of sp³-hybridized carbons (Fsp3) is 0.0417. The highest BCUT2D eigenvalue weighted by Gasteiger charge is 2.19. The zero-order valence-electron chi connectivity index (χ0n) is 27.9. The van der Waals surface area contributed by atoms with Crippen molar-refractivity contribution in [3.05, 3.63) is 205 Å². The number of allylic oxidation sites excluding steroid dienone is 9. The molecule has 5 aromatic carbocycles. The van der Waals surface area contributed by atoms with Crippen LogP contribution in [-0.2, 0) is 0 Å². The van der Waals surface area contributed by atoms with E-state index in [0.717, 1.165) is 84.6 Å². The summed E-state index contributed by atoms with van der Waals surface area (Å²) in [5.41, 5.74) is 9.14. The van der Waals surface area contributed by atoms with E-state index in [9.17, 15) is 0 Å². The lowest BCUT2D eigenvalue weighted by molar-refractivity contribution is 0.631. The second kappa shape index (κ2) is 13.5. The summed E-state index contributed by atoms with van der Waals surface area (Å²) < 4.78 is 9.03. The summed E-state index contributed by atoms with van der Waals surface area (Å²) in [6.45, 7) is 13.6. The molecule has 0 aliphatic heterocycles. The van der Waals surface area contributed by atoms with Gasteiger partial charge in [-0.05, 0) is 98.7 Å². The number of furan rings is 1. The van der Waals surface area contributed by atoms with Gasteiger partial charge in [0.1, 0.15) is 11.3 Å². The van der Waals surface area contributed by atoms with E-state index in [1.165, 1.54) is 20.2 Å². The Bertz CT molecular complexity index is 2650. The predicted octanol–water partition coefficient (Wildman–Crippen LogP) is 12.2. The molecule has 0 unspecified atom stereocenters. The van der Waals surface area contributed by atoms with Gasteiger partial charge in [0.15, 0.2) is 0 Å². The molecule has 2 aromatic heterocycles. The van der Waals surface area contributed by atoms with Gasteiger partial charge in [0.2, 0.25) is 0 Å². The van der Waals surface area contributed by atoms with E-state index in [4.69, 9.17) is 11.0 Å². The van der Waals surface area contributed by atoms with E-state index in [1.807, 2.05) is 35.6 Å². The number of fused-ring (bicyclic) bond motifs is 5. The summed E-state index contributed by atoms with van der Waals surface area (Å²) in [5.74, 6) is 0.839. The Labute approximate surface area is 296 Å². The topological polar surface area (TPSA) is 13.1 Å². The minimum Gasteiger partial charge on any atom is -0.456 e. The third kappa shape index (κ3) is 5.85. The molecule has 0 N–H and O–H groups in total. The average molecular weight is 661 g/mol. The molecule has 0 saturated heterocycles. The molecule has 0 saturated carbocycles. The minimum absolute atomic E-state index is 0.839. The summed E-state index contributed by atoms with van der Waals surface area (Å²) in [7, 11) is 0. The molecule has 0 amide bonds. The number of hydrogen-bond donors (Lipinski definition) is 0. The van der Waals surface area contributed by atoms with Gasteiger partial charge in [0.25, 0.3) is 0 Å². The highest BCUT2D eigenvalue weighted by atomic mass is 32.1. The maximum absolute atomic E-state index is 6.54. The Morgan fingerprint density at radius 3 is 2.12 bits per heavy atom. The second-order valence-electron chi connectivity index (χ2n) is 12.6. The summed E-state index contributed by atoms with van der Waals surface area (Å²) in [6.07, 6.45) is 14.9. The van der Waals surface area contributed by atoms with Crippen molar-refractivity contribution in [2.75, 3.05) is 0 Å². The fourth-order valence-electron chi connectivity index (χ4n) is 6.91. The first-order valence-electron chi connectivity index (χ1n) is 17.0. The molecule has 0 radical (unpaired) electrons. The lowest BCUT2D eigenvalue weighted by atomic mass is 9.89. The molecule has 0 atom stereocenters. The van der Waals surface area contributed by atoms with Crippen molar-refractivity contribution in [2.24, 2.45) is 0 Å². The Kier molecular flexibility index (Phi) is 8.46. The van der Waals surface area contributed by atoms with Gasteiger partial charge in [-0.3, -0.25) is 0 Å². The van der Waals surface area contributed by atoms with Crippen LogP contribution in [0.25, 0.3) is 64.8 Å². The third-order valence-electron chi connectivity index (χ3n) is 9.44. The molecular formula is C48H36OS. The smallest absolute Gasteiger partial charge is 0.136 e. The highest BCUT2D eigenvalue weighted by molar-refractivity contribution is 7.25. The molecule has 0 spiro atoms. The van der Waals surface area contributed by atoms with Crippen LogP contribution in [0.3, 0.4) is 0 Å². The maximum atomic E-state index is 6.54. The summed E-state index contributed by atoms with van der Waals surface area (Å²) in [5, 5.41) is 5.78. The van der Waals surface area contributed by atoms with Crippen molar-refractivity contribution in [1.82, 2.24) is 0 Å². The van der Waals surface area contributed by atoms with Crippen molar-refractivity contribution >= 4 is 64.8 Å². The van der Waals surface area contributed by atoms with Gasteiger partial charge < -0.3 is 4.42 Å². The van der Waals surface area contributed by atoms with Crippen molar-refractivity contribution < 1.29 is 4.42 Å². The van der Waals surface area contributed by atoms with Crippen LogP contribution >= 0.6 is 11.3 Å². The van der Waals surface area contributed by atoms with Crippen molar-refractivity contribution in [2.45, 2.75) is 12.8 Å². The minimum atomic E-state index is 0.839. The monoisotopic (exact) mass is 660 g/mol. The van der Waals surface area contributed by atoms with Crippen LogP contribution in [0.15, 0.2) is 188 Å². The predicted molar refractivity (Wildman–Crippen MR) is 217 cm³/mol. The number of rotatable bonds is 7. The number of para-hydroxylation sites is 1. The fourth-order valence-corrected chi connectivity index (χ4v) is 8.04. The van der Waals surface area contributed by atoms with E-state index < -0.39 is 0 Å². The Morgan fingerprint density at radius 1 is 0.660 bits per heavy atom. The zero-order chi connectivity index (χ0) is 34.0. The molecule has 1 aliphatic carbocycles. The molecule has 50 heavy (non-hydrogen) atoms. The van der Waals surface area contributed by atoms with Gasteiger partial charge >= 0.3 is 0 Å². The number of benzene rings is 5. The molecule has 8 rings (SSSR count). The van der Waals surface area contributed by atoms with Gasteiger partial charge in [0, 0.05) is 31.1 Å². The van der Waals surface area contributed by atoms with Crippen LogP contribution < -0.4 is 10.4 Å². The van der Waals surface area contributed by atoms with Gasteiger partial charge in [-0.2, -0.15) is 0 Å². The molecule has 0 bridgehead atoms. The lowest BCUT2D eigenvalue weighted by Gasteiger charge is -2.15. The second-order valence-corrected chi connectivity index (χ2v) is 13.7. The molecule has 240 valence electrons. The Hall–Kier alpha value is -5.96. The van der Waals surface area contributed by atoms with E-state index in [2.05, 4.69) is 147 Å². The van der Waals surface area contributed by atoms with E-state index in [1.54, 1.807) is 0 Å². The summed E-state index contributed by atoms with van der Waals surface area (Å²) in [6, 6.07) is 42.6. The molecule has 2 heterocycles. The SMILES string of the molecule is C=C/C(=C\C(=C)C1=c2cccc/c2=C(C(=C)c2cc3c(cc2-c2cc4ccccc4o2)sc2ccccc23)/C=C/CCC=C1)c1ccccc1. The molecule has 7 aromatic rings. The van der Waals surface area contributed by atoms with Crippen LogP contribution in [-0.4, -0.2) is 0 Å². The number of hydrogen-bond acceptors (Lipinski definition) is 2. The van der Waals surface area contributed by atoms with Crippen LogP contribution in [0.1, 0.15) is 24.0 Å². The van der Waals surface area contributed by atoms with Crippen LogP contribution in [0, 0.1) is 0 Å². The Balaban J connectivity index is 1.39. The molecule has 1 aliphatic rings. The highest BCUT2D eigenvalue weighted by Crippen LogP contribution is 2.42. The Morgan fingerprint density at radius 2 is 1.34 bits per heavy atom. The van der Waals surface area contributed by atoms with E-state index in [-0.39, 0.29) is 0 Å². The standard InChI is InChI=1S/C48H36OS/c1-4-34(35-18-8-7-9-19-35)28-32(2)37-21-10-5-6-11-22-38(40-24-14-13-23-39(37)40)33(3)42-30-44-41-25-15-17-27-47(41)50-48(44)31-43(42)46-29-36-20-12-16-26-45(36)49-46/h4,7-31H,1-3,5-6H2/b21-10?,22-11+,34-28+,39-37?,40-38+. The zero-order valence-corrected chi connectivity index (χ0v) is 28.7. The van der Waals surface area contributed by atoms with Gasteiger partial charge in [-0.1, -0.05) is 141 Å². The largest absolute Gasteiger partial charge is 0.456 e. The third-order valence-corrected chi connectivity index (χ3v) is 10.6. The summed E-state index contributed by atoms with van der Waals surface area (Å²) in [4.78, 5) is 0. The van der Waals surface area contributed by atoms with Crippen LogP contribution in [0.2, 0.25) is 0 Å². The molecule has 1 nitrogen and oxygen atoms in total. The first-order chi connectivity index (χ1) is 24.6. The average Bonchev–Trinajstić information content (AvgIpc) is 3.76. The lowest BCUT2D eigenvalue weighted by Crippen LogP contribution is -2.29. The van der Waals surface area contributed by atoms with Crippen LogP contribution in [0.5, 0.6) is 0 Å². The number of thiophene rings is 1. The van der Waals surface area contributed by atoms with Gasteiger partial charge in [-0.25, -0.2) is 0 Å². The van der Waals surface area contributed by atoms with Crippen molar-refractivity contribution in [3.63, 3.8) is 0 Å². The first kappa shape index (κ1) is 31.3. The van der Waals surface area contributed by atoms with Crippen molar-refractivity contribution in [1.29, 1.82) is 0 Å². The van der Waals surface area contributed by atoms with Gasteiger partial charge in [-0.15, -0.1) is 11.3 Å². The molecule has 2 heteroatoms. The van der Waals surface area contributed by atoms with Crippen molar-refractivity contribution in [3.8, 4) is 11.3 Å². The van der Waals surface area contributed by atoms with E-state index >= 15 is 0 Å².